The number of hydrogen-bond acceptors (Lipinski definition) is 4. The molecule has 2 N–H and O–H groups in total. The molecule has 0 rings (SSSR count). The zero-order valence-electron chi connectivity index (χ0n) is 5.33. The smallest absolute Gasteiger partial charge is 0.198 e. The highest BCUT2D eigenvalue weighted by atomic mass is 32.2. The van der Waals surface area contributed by atoms with E-state index in [1.165, 1.54) is 6.92 Å². The highest BCUT2D eigenvalue weighted by Gasteiger charge is 2.01. The summed E-state index contributed by atoms with van der Waals surface area (Å²) < 4.78 is 23.6. The Hall–Kier alpha value is -0.390. The Morgan fingerprint density at radius 1 is 1.56 bits per heavy atom. The van der Waals surface area contributed by atoms with E-state index in [9.17, 15) is 8.42 Å². The second kappa shape index (κ2) is 5.74. The summed E-state index contributed by atoms with van der Waals surface area (Å²) in [4.78, 5) is 0. The van der Waals surface area contributed by atoms with Crippen molar-refractivity contribution in [1.82, 2.24) is 0 Å². The molecule has 0 aromatic heterocycles. The van der Waals surface area contributed by atoms with Crippen LogP contribution in [-0.2, 0) is 14.4 Å². The van der Waals surface area contributed by atoms with E-state index in [-0.39, 0.29) is 5.75 Å². The molecular formula is C4H11NO3S. The fraction of sp³-hybridized carbons (Fsp3) is 0.500. The van der Waals surface area contributed by atoms with Gasteiger partial charge in [0.15, 0.2) is 0 Å². The van der Waals surface area contributed by atoms with Gasteiger partial charge < -0.3 is 0 Å². The number of nitrogens with two attached hydrogens (primary N) is 1. The molecule has 9 heavy (non-hydrogen) atoms. The third-order valence-electron chi connectivity index (χ3n) is 0.500. The van der Waals surface area contributed by atoms with Crippen molar-refractivity contribution in [2.45, 2.75) is 6.92 Å². The van der Waals surface area contributed by atoms with E-state index in [2.05, 4.69) is 23.3 Å². The summed E-state index contributed by atoms with van der Waals surface area (Å²) in [6, 6.07) is 0. The first-order chi connectivity index (χ1) is 4.12. The molecule has 0 aliphatic carbocycles. The summed E-state index contributed by atoms with van der Waals surface area (Å²) in [5.74, 6) is 4.25. The van der Waals surface area contributed by atoms with Crippen molar-refractivity contribution in [3.05, 3.63) is 13.2 Å². The van der Waals surface area contributed by atoms with Crippen LogP contribution >= 0.6 is 0 Å². The fourth-order valence-corrected chi connectivity index (χ4v) is 0.204. The van der Waals surface area contributed by atoms with Crippen molar-refractivity contribution in [2.24, 2.45) is 5.90 Å². The Kier molecular flexibility index (Phi) is 7.28. The van der Waals surface area contributed by atoms with Gasteiger partial charge in [-0.05, 0) is 6.92 Å². The van der Waals surface area contributed by atoms with Gasteiger partial charge in [-0.3, -0.25) is 0 Å². The largest absolute Gasteiger partial charge is 0.282 e. The first-order valence-electron chi connectivity index (χ1n) is 2.23. The molecular weight excluding hydrogens is 142 g/mol. The quantitative estimate of drug-likeness (QED) is 0.449. The van der Waals surface area contributed by atoms with Gasteiger partial charge in [0.05, 0.1) is 5.75 Å². The van der Waals surface area contributed by atoms with Gasteiger partial charge in [0, 0.05) is 0 Å². The summed E-state index contributed by atoms with van der Waals surface area (Å²) in [6.07, 6.45) is 0. The average Bonchev–Trinajstić information content (AvgIpc) is 1.93. The zero-order chi connectivity index (χ0) is 7.91. The summed E-state index contributed by atoms with van der Waals surface area (Å²) in [5, 5.41) is 0. The van der Waals surface area contributed by atoms with Crippen molar-refractivity contribution in [2.75, 3.05) is 5.75 Å². The summed E-state index contributed by atoms with van der Waals surface area (Å²) >= 11 is 0. The summed E-state index contributed by atoms with van der Waals surface area (Å²) in [7, 11) is -3.38. The lowest BCUT2D eigenvalue weighted by molar-refractivity contribution is 0.334. The van der Waals surface area contributed by atoms with E-state index in [1.54, 1.807) is 0 Å². The molecule has 4 nitrogen and oxygen atoms in total. The van der Waals surface area contributed by atoms with E-state index in [0.29, 0.717) is 0 Å². The van der Waals surface area contributed by atoms with Crippen LogP contribution in [0.25, 0.3) is 0 Å². The lowest BCUT2D eigenvalue weighted by Gasteiger charge is -1.89. The molecule has 0 atom stereocenters. The highest BCUT2D eigenvalue weighted by Crippen LogP contribution is 1.82. The predicted octanol–water partition coefficient (Wildman–Crippen LogP) is 0.0286. The molecule has 0 amide bonds. The lowest BCUT2D eigenvalue weighted by atomic mass is 11.0. The third-order valence-corrected chi connectivity index (χ3v) is 1.50. The fourth-order valence-electron chi connectivity index (χ4n) is 0.0680. The first-order valence-corrected chi connectivity index (χ1v) is 3.81. The maximum atomic E-state index is 10.0. The Labute approximate surface area is 55.4 Å². The average molecular weight is 153 g/mol. The predicted molar refractivity (Wildman–Crippen MR) is 36.0 cm³/mol. The summed E-state index contributed by atoms with van der Waals surface area (Å²) in [6.45, 7) is 7.45. The van der Waals surface area contributed by atoms with Crippen LogP contribution in [0.2, 0.25) is 0 Å². The van der Waals surface area contributed by atoms with Crippen molar-refractivity contribution in [3.63, 3.8) is 0 Å². The van der Waals surface area contributed by atoms with Gasteiger partial charge in [-0.25, -0.2) is 0 Å². The molecule has 0 heterocycles. The van der Waals surface area contributed by atoms with Crippen LogP contribution in [0.1, 0.15) is 6.92 Å². The highest BCUT2D eigenvalue weighted by molar-refractivity contribution is 7.86. The van der Waals surface area contributed by atoms with Gasteiger partial charge >= 0.3 is 0 Å². The zero-order valence-corrected chi connectivity index (χ0v) is 6.15. The van der Waals surface area contributed by atoms with Crippen molar-refractivity contribution in [1.29, 1.82) is 0 Å². The Balaban J connectivity index is 0. The maximum Gasteiger partial charge on any atom is 0.282 e. The molecule has 0 spiro atoms. The molecule has 5 heteroatoms. The normalized spacial score (nSPS) is 9.56. The van der Waals surface area contributed by atoms with E-state index in [1.807, 2.05) is 0 Å². The first kappa shape index (κ1) is 11.4. The lowest BCUT2D eigenvalue weighted by Crippen LogP contribution is -2.12. The molecule has 0 fully saturated rings. The van der Waals surface area contributed by atoms with Crippen LogP contribution in [0.15, 0.2) is 13.2 Å². The molecule has 0 aliphatic rings. The topological polar surface area (TPSA) is 69.4 Å². The second-order valence-corrected chi connectivity index (χ2v) is 2.83. The monoisotopic (exact) mass is 153 g/mol. The minimum atomic E-state index is -3.38. The Morgan fingerprint density at radius 2 is 1.89 bits per heavy atom. The van der Waals surface area contributed by atoms with Gasteiger partial charge in [-0.2, -0.15) is 18.6 Å². The van der Waals surface area contributed by atoms with Crippen LogP contribution in [0, 0.1) is 0 Å². The van der Waals surface area contributed by atoms with Gasteiger partial charge in [0.1, 0.15) is 0 Å². The molecule has 0 aromatic rings. The van der Waals surface area contributed by atoms with Crippen LogP contribution in [0.4, 0.5) is 0 Å². The number of rotatable bonds is 2. The SMILES string of the molecule is C=C.CCS(=O)(=O)ON. The minimum Gasteiger partial charge on any atom is -0.198 e. The van der Waals surface area contributed by atoms with E-state index in [0.717, 1.165) is 0 Å². The van der Waals surface area contributed by atoms with Crippen molar-refractivity contribution >= 4 is 10.1 Å². The molecule has 0 saturated heterocycles. The molecule has 0 saturated carbocycles. The summed E-state index contributed by atoms with van der Waals surface area (Å²) in [5.41, 5.74) is 0. The van der Waals surface area contributed by atoms with E-state index >= 15 is 0 Å². The minimum absolute atomic E-state index is 0.0799. The standard InChI is InChI=1S/C2H7NO3S.C2H4/c1-2-7(4,5)6-3;1-2/h2-3H2,1H3;1-2H2. The van der Waals surface area contributed by atoms with Crippen LogP contribution in [0.3, 0.4) is 0 Å². The van der Waals surface area contributed by atoms with Gasteiger partial charge in [0.2, 0.25) is 0 Å². The van der Waals surface area contributed by atoms with Crippen LogP contribution in [0.5, 0.6) is 0 Å². The molecule has 56 valence electrons. The van der Waals surface area contributed by atoms with Crippen molar-refractivity contribution in [3.8, 4) is 0 Å². The van der Waals surface area contributed by atoms with Gasteiger partial charge in [0.25, 0.3) is 10.1 Å². The molecule has 0 unspecified atom stereocenters. The Morgan fingerprint density at radius 3 is 1.89 bits per heavy atom. The van der Waals surface area contributed by atoms with Crippen molar-refractivity contribution < 1.29 is 12.7 Å². The maximum absolute atomic E-state index is 10.0. The number of hydrogen-bond donors (Lipinski definition) is 1. The van der Waals surface area contributed by atoms with Crippen LogP contribution < -0.4 is 5.90 Å². The second-order valence-electron chi connectivity index (χ2n) is 0.943. The van der Waals surface area contributed by atoms with Gasteiger partial charge in [-0.15, -0.1) is 13.2 Å². The molecule has 0 aliphatic heterocycles. The van der Waals surface area contributed by atoms with E-state index < -0.39 is 10.1 Å². The molecule has 0 radical (unpaired) electrons. The van der Waals surface area contributed by atoms with Gasteiger partial charge in [-0.1, -0.05) is 0 Å². The molecule has 0 aromatic carbocycles. The van der Waals surface area contributed by atoms with Crippen LogP contribution in [-0.4, -0.2) is 14.2 Å². The van der Waals surface area contributed by atoms with E-state index in [4.69, 9.17) is 0 Å². The Bertz CT molecular complexity index is 130. The third kappa shape index (κ3) is 7.61. The molecule has 0 bridgehead atoms.